The van der Waals surface area contributed by atoms with Crippen LogP contribution in [0.3, 0.4) is 0 Å². The van der Waals surface area contributed by atoms with E-state index in [0.717, 1.165) is 10.5 Å². The number of nitrogens with one attached hydrogen (secondary N) is 3. The predicted octanol–water partition coefficient (Wildman–Crippen LogP) is 1.24. The third kappa shape index (κ3) is 11.5. The van der Waals surface area contributed by atoms with E-state index in [0.29, 0.717) is 50.9 Å². The van der Waals surface area contributed by atoms with Gasteiger partial charge >= 0.3 is 0 Å². The average Bonchev–Trinajstić information content (AvgIpc) is 3.25. The number of rotatable bonds is 18. The molecule has 0 spiro atoms. The van der Waals surface area contributed by atoms with E-state index < -0.39 is 29.8 Å². The zero-order valence-corrected chi connectivity index (χ0v) is 23.8. The standard InChI is InChI=1S/C29H42N6O6/c1-19(2)27(34-24(37)10-4-3-7-17-35-25(38)15-16-26(35)39)29(41)33-22(8-5-6-9-23(31)36)28(40)32-21-13-11-20(18-30)12-14-21/h11-16,19,22,27H,3-10,17-18,30H2,1-2H3,(H2,31,36)(H,32,40)(H,33,41)(H,34,37)/t22-,27-/m0/s1. The lowest BCUT2D eigenvalue weighted by molar-refractivity contribution is -0.137. The Balaban J connectivity index is 1.92. The van der Waals surface area contributed by atoms with Gasteiger partial charge in [0.2, 0.25) is 23.6 Å². The van der Waals surface area contributed by atoms with Gasteiger partial charge in [-0.3, -0.25) is 33.7 Å². The zero-order chi connectivity index (χ0) is 30.4. The maximum Gasteiger partial charge on any atom is 0.253 e. The lowest BCUT2D eigenvalue weighted by Crippen LogP contribution is -2.54. The second kappa shape index (κ2) is 16.9. The number of imide groups is 1. The lowest BCUT2D eigenvalue weighted by Gasteiger charge is -2.25. The largest absolute Gasteiger partial charge is 0.370 e. The third-order valence-corrected chi connectivity index (χ3v) is 6.71. The number of nitrogens with zero attached hydrogens (tertiary/aromatic N) is 1. The molecule has 1 aromatic carbocycles. The molecule has 224 valence electrons. The Bertz CT molecular complexity index is 1100. The highest BCUT2D eigenvalue weighted by molar-refractivity contribution is 6.12. The number of anilines is 1. The zero-order valence-electron chi connectivity index (χ0n) is 23.8. The summed E-state index contributed by atoms with van der Waals surface area (Å²) in [6.45, 7) is 4.25. The summed E-state index contributed by atoms with van der Waals surface area (Å²) in [6, 6.07) is 5.28. The third-order valence-electron chi connectivity index (χ3n) is 6.71. The number of primary amides is 1. The van der Waals surface area contributed by atoms with Gasteiger partial charge in [-0.1, -0.05) is 38.8 Å². The molecule has 2 rings (SSSR count). The van der Waals surface area contributed by atoms with Crippen molar-refractivity contribution in [2.75, 3.05) is 11.9 Å². The molecular formula is C29H42N6O6. The van der Waals surface area contributed by atoms with E-state index in [4.69, 9.17) is 11.5 Å². The van der Waals surface area contributed by atoms with Gasteiger partial charge in [0, 0.05) is 43.8 Å². The van der Waals surface area contributed by atoms with Crippen molar-refractivity contribution in [3.05, 3.63) is 42.0 Å². The first-order valence-corrected chi connectivity index (χ1v) is 14.0. The van der Waals surface area contributed by atoms with Crippen molar-refractivity contribution >= 4 is 41.1 Å². The van der Waals surface area contributed by atoms with Crippen LogP contribution in [0.15, 0.2) is 36.4 Å². The quantitative estimate of drug-likeness (QED) is 0.129. The molecule has 41 heavy (non-hydrogen) atoms. The molecule has 1 aromatic rings. The summed E-state index contributed by atoms with van der Waals surface area (Å²) in [5.41, 5.74) is 12.3. The van der Waals surface area contributed by atoms with E-state index >= 15 is 0 Å². The van der Waals surface area contributed by atoms with Gasteiger partial charge in [0.1, 0.15) is 12.1 Å². The van der Waals surface area contributed by atoms with Gasteiger partial charge in [0.15, 0.2) is 0 Å². The highest BCUT2D eigenvalue weighted by Crippen LogP contribution is 2.13. The van der Waals surface area contributed by atoms with Crippen molar-refractivity contribution in [2.45, 2.75) is 83.8 Å². The van der Waals surface area contributed by atoms with Gasteiger partial charge in [0.05, 0.1) is 0 Å². The Kier molecular flexibility index (Phi) is 13.7. The Morgan fingerprint density at radius 2 is 1.46 bits per heavy atom. The van der Waals surface area contributed by atoms with Gasteiger partial charge in [-0.25, -0.2) is 0 Å². The van der Waals surface area contributed by atoms with E-state index in [-0.39, 0.29) is 42.9 Å². The predicted molar refractivity (Wildman–Crippen MR) is 154 cm³/mol. The van der Waals surface area contributed by atoms with Crippen molar-refractivity contribution in [1.29, 1.82) is 0 Å². The molecule has 12 nitrogen and oxygen atoms in total. The van der Waals surface area contributed by atoms with Crippen LogP contribution < -0.4 is 27.4 Å². The van der Waals surface area contributed by atoms with Crippen molar-refractivity contribution < 1.29 is 28.8 Å². The van der Waals surface area contributed by atoms with Crippen LogP contribution in [-0.4, -0.2) is 59.0 Å². The molecule has 6 amide bonds. The van der Waals surface area contributed by atoms with Gasteiger partial charge in [-0.05, 0) is 49.3 Å². The fourth-order valence-corrected chi connectivity index (χ4v) is 4.30. The number of carbonyl (C=O) groups is 6. The second-order valence-electron chi connectivity index (χ2n) is 10.4. The van der Waals surface area contributed by atoms with Crippen LogP contribution >= 0.6 is 0 Å². The van der Waals surface area contributed by atoms with Crippen LogP contribution in [0, 0.1) is 5.92 Å². The summed E-state index contributed by atoms with van der Waals surface area (Å²) < 4.78 is 0. The Morgan fingerprint density at radius 3 is 2.05 bits per heavy atom. The Labute approximate surface area is 240 Å². The smallest absolute Gasteiger partial charge is 0.253 e. The van der Waals surface area contributed by atoms with Crippen LogP contribution in [0.4, 0.5) is 5.69 Å². The molecule has 0 radical (unpaired) electrons. The van der Waals surface area contributed by atoms with Gasteiger partial charge in [-0.15, -0.1) is 0 Å². The number of amides is 6. The average molecular weight is 571 g/mol. The molecule has 7 N–H and O–H groups in total. The minimum atomic E-state index is -0.895. The molecule has 0 bridgehead atoms. The van der Waals surface area contributed by atoms with Crippen molar-refractivity contribution in [3.63, 3.8) is 0 Å². The number of hydrogen-bond donors (Lipinski definition) is 5. The Hall–Kier alpha value is -4.06. The van der Waals surface area contributed by atoms with Crippen molar-refractivity contribution in [1.82, 2.24) is 15.5 Å². The summed E-state index contributed by atoms with van der Waals surface area (Å²) in [6.07, 6.45) is 5.78. The molecule has 1 heterocycles. The van der Waals surface area contributed by atoms with Crippen LogP contribution in [0.1, 0.15) is 70.8 Å². The fourth-order valence-electron chi connectivity index (χ4n) is 4.30. The second-order valence-corrected chi connectivity index (χ2v) is 10.4. The van der Waals surface area contributed by atoms with Gasteiger partial charge in [-0.2, -0.15) is 0 Å². The molecule has 0 saturated heterocycles. The van der Waals surface area contributed by atoms with Gasteiger partial charge < -0.3 is 27.4 Å². The number of unbranched alkanes of at least 4 members (excludes halogenated alkanes) is 3. The summed E-state index contributed by atoms with van der Waals surface area (Å²) in [5.74, 6) is -2.56. The molecule has 0 aromatic heterocycles. The topological polar surface area (TPSA) is 194 Å². The SMILES string of the molecule is CC(C)[C@H](NC(=O)CCCCCN1C(=O)C=CC1=O)C(=O)N[C@@H](CCCCC(N)=O)C(=O)Nc1ccc(CN)cc1. The van der Waals surface area contributed by atoms with Crippen LogP contribution in [0.25, 0.3) is 0 Å². The molecule has 0 unspecified atom stereocenters. The van der Waals surface area contributed by atoms with E-state index in [2.05, 4.69) is 16.0 Å². The maximum absolute atomic E-state index is 13.2. The summed E-state index contributed by atoms with van der Waals surface area (Å²) >= 11 is 0. The van der Waals surface area contributed by atoms with E-state index in [1.807, 2.05) is 0 Å². The monoisotopic (exact) mass is 570 g/mol. The summed E-state index contributed by atoms with van der Waals surface area (Å²) in [7, 11) is 0. The van der Waals surface area contributed by atoms with Crippen molar-refractivity contribution in [2.24, 2.45) is 17.4 Å². The summed E-state index contributed by atoms with van der Waals surface area (Å²) in [4.78, 5) is 74.4. The molecular weight excluding hydrogens is 528 g/mol. The normalized spacial score (nSPS) is 14.2. The summed E-state index contributed by atoms with van der Waals surface area (Å²) in [5, 5.41) is 8.34. The number of benzene rings is 1. The van der Waals surface area contributed by atoms with Crippen LogP contribution in [0.2, 0.25) is 0 Å². The minimum absolute atomic E-state index is 0.173. The number of carbonyl (C=O) groups excluding carboxylic acids is 6. The van der Waals surface area contributed by atoms with Gasteiger partial charge in [0.25, 0.3) is 11.8 Å². The fraction of sp³-hybridized carbons (Fsp3) is 0.517. The number of nitrogens with two attached hydrogens (primary N) is 2. The molecule has 0 aliphatic carbocycles. The van der Waals surface area contributed by atoms with E-state index in [1.165, 1.54) is 12.2 Å². The highest BCUT2D eigenvalue weighted by Gasteiger charge is 2.29. The highest BCUT2D eigenvalue weighted by atomic mass is 16.2. The number of hydrogen-bond acceptors (Lipinski definition) is 7. The molecule has 12 heteroatoms. The first kappa shape index (κ1) is 33.1. The minimum Gasteiger partial charge on any atom is -0.370 e. The van der Waals surface area contributed by atoms with E-state index in [1.54, 1.807) is 38.1 Å². The first-order chi connectivity index (χ1) is 19.5. The molecule has 0 fully saturated rings. The Morgan fingerprint density at radius 1 is 0.829 bits per heavy atom. The first-order valence-electron chi connectivity index (χ1n) is 14.0. The van der Waals surface area contributed by atoms with Crippen molar-refractivity contribution in [3.8, 4) is 0 Å². The molecule has 1 aliphatic rings. The maximum atomic E-state index is 13.2. The lowest BCUT2D eigenvalue weighted by atomic mass is 10.0. The van der Waals surface area contributed by atoms with E-state index in [9.17, 15) is 28.8 Å². The molecule has 1 aliphatic heterocycles. The van der Waals surface area contributed by atoms with Crippen LogP contribution in [-0.2, 0) is 35.3 Å². The molecule has 0 saturated carbocycles. The molecule has 2 atom stereocenters. The van der Waals surface area contributed by atoms with Crippen LogP contribution in [0.5, 0.6) is 0 Å².